The summed E-state index contributed by atoms with van der Waals surface area (Å²) < 4.78 is 0. The van der Waals surface area contributed by atoms with E-state index in [1.54, 1.807) is 0 Å². The van der Waals surface area contributed by atoms with Crippen LogP contribution >= 0.6 is 0 Å². The van der Waals surface area contributed by atoms with Gasteiger partial charge in [0.25, 0.3) is 0 Å². The van der Waals surface area contributed by atoms with E-state index in [2.05, 4.69) is 5.32 Å². The standard InChI is InChI=1S/C15H21NO/c1-2-15(17)13-7-9-14(10-8-13)16-11-12-5-3-4-6-12/h7-10,12,16H,2-6,11H2,1H3. The van der Waals surface area contributed by atoms with Crippen molar-refractivity contribution in [3.63, 3.8) is 0 Å². The number of benzene rings is 1. The van der Waals surface area contributed by atoms with Gasteiger partial charge in [-0.15, -0.1) is 0 Å². The molecule has 0 radical (unpaired) electrons. The summed E-state index contributed by atoms with van der Waals surface area (Å²) in [5.74, 6) is 1.05. The Bertz CT molecular complexity index is 363. The van der Waals surface area contributed by atoms with Gasteiger partial charge in [-0.2, -0.15) is 0 Å². The van der Waals surface area contributed by atoms with Crippen molar-refractivity contribution < 1.29 is 4.79 Å². The normalized spacial score (nSPS) is 16.1. The zero-order chi connectivity index (χ0) is 12.1. The molecule has 0 aromatic heterocycles. The fourth-order valence-corrected chi connectivity index (χ4v) is 2.45. The van der Waals surface area contributed by atoms with Crippen LogP contribution in [-0.2, 0) is 0 Å². The fraction of sp³-hybridized carbons (Fsp3) is 0.533. The van der Waals surface area contributed by atoms with Gasteiger partial charge in [-0.3, -0.25) is 4.79 Å². The number of carbonyl (C=O) groups is 1. The number of carbonyl (C=O) groups excluding carboxylic acids is 1. The zero-order valence-electron chi connectivity index (χ0n) is 10.5. The molecule has 1 aliphatic carbocycles. The Hall–Kier alpha value is -1.31. The maximum atomic E-state index is 11.5. The Kier molecular flexibility index (Phi) is 4.18. The molecular weight excluding hydrogens is 210 g/mol. The third kappa shape index (κ3) is 3.32. The molecule has 2 nitrogen and oxygen atoms in total. The summed E-state index contributed by atoms with van der Waals surface area (Å²) >= 11 is 0. The monoisotopic (exact) mass is 231 g/mol. The van der Waals surface area contributed by atoms with Crippen molar-refractivity contribution in [2.75, 3.05) is 11.9 Å². The summed E-state index contributed by atoms with van der Waals surface area (Å²) in [6.07, 6.45) is 6.07. The Morgan fingerprint density at radius 3 is 2.47 bits per heavy atom. The number of nitrogens with one attached hydrogen (secondary N) is 1. The van der Waals surface area contributed by atoms with E-state index in [1.165, 1.54) is 25.7 Å². The fourth-order valence-electron chi connectivity index (χ4n) is 2.45. The molecule has 0 aliphatic heterocycles. The van der Waals surface area contributed by atoms with Crippen molar-refractivity contribution in [3.05, 3.63) is 29.8 Å². The molecule has 0 unspecified atom stereocenters. The SMILES string of the molecule is CCC(=O)c1ccc(NCC2CCCC2)cc1. The van der Waals surface area contributed by atoms with Crippen molar-refractivity contribution in [2.24, 2.45) is 5.92 Å². The van der Waals surface area contributed by atoms with Crippen LogP contribution in [0.4, 0.5) is 5.69 Å². The van der Waals surface area contributed by atoms with Crippen molar-refractivity contribution in [1.29, 1.82) is 0 Å². The average molecular weight is 231 g/mol. The number of ketones is 1. The lowest BCUT2D eigenvalue weighted by Crippen LogP contribution is -2.10. The lowest BCUT2D eigenvalue weighted by molar-refractivity contribution is 0.0988. The van der Waals surface area contributed by atoms with Crippen LogP contribution in [-0.4, -0.2) is 12.3 Å². The van der Waals surface area contributed by atoms with Crippen LogP contribution in [0.15, 0.2) is 24.3 Å². The van der Waals surface area contributed by atoms with Gasteiger partial charge in [-0.1, -0.05) is 19.8 Å². The van der Waals surface area contributed by atoms with Gasteiger partial charge in [-0.25, -0.2) is 0 Å². The second-order valence-electron chi connectivity index (χ2n) is 4.89. The van der Waals surface area contributed by atoms with Gasteiger partial charge in [0.1, 0.15) is 0 Å². The minimum Gasteiger partial charge on any atom is -0.385 e. The summed E-state index contributed by atoms with van der Waals surface area (Å²) in [4.78, 5) is 11.5. The van der Waals surface area contributed by atoms with E-state index in [0.29, 0.717) is 6.42 Å². The highest BCUT2D eigenvalue weighted by Crippen LogP contribution is 2.25. The number of rotatable bonds is 5. The molecule has 0 bridgehead atoms. The van der Waals surface area contributed by atoms with E-state index in [-0.39, 0.29) is 5.78 Å². The number of hydrogen-bond acceptors (Lipinski definition) is 2. The van der Waals surface area contributed by atoms with Gasteiger partial charge in [0.15, 0.2) is 5.78 Å². The molecule has 0 heterocycles. The Morgan fingerprint density at radius 2 is 1.88 bits per heavy atom. The minimum absolute atomic E-state index is 0.215. The number of Topliss-reactive ketones (excluding diaryl/α,β-unsaturated/α-hetero) is 1. The molecule has 0 atom stereocenters. The van der Waals surface area contributed by atoms with Crippen LogP contribution < -0.4 is 5.32 Å². The Morgan fingerprint density at radius 1 is 1.24 bits per heavy atom. The molecule has 0 spiro atoms. The van der Waals surface area contributed by atoms with Crippen molar-refractivity contribution in [2.45, 2.75) is 39.0 Å². The van der Waals surface area contributed by atoms with Crippen LogP contribution in [0, 0.1) is 5.92 Å². The summed E-state index contributed by atoms with van der Waals surface area (Å²) in [5.41, 5.74) is 1.95. The zero-order valence-corrected chi connectivity index (χ0v) is 10.5. The molecule has 2 rings (SSSR count). The predicted molar refractivity (Wildman–Crippen MR) is 71.5 cm³/mol. The van der Waals surface area contributed by atoms with Crippen LogP contribution in [0.1, 0.15) is 49.4 Å². The van der Waals surface area contributed by atoms with E-state index in [4.69, 9.17) is 0 Å². The van der Waals surface area contributed by atoms with Gasteiger partial charge in [0, 0.05) is 24.2 Å². The molecule has 2 heteroatoms. The first-order valence-electron chi connectivity index (χ1n) is 6.66. The second kappa shape index (κ2) is 5.85. The quantitative estimate of drug-likeness (QED) is 0.779. The Labute approximate surface area is 103 Å². The summed E-state index contributed by atoms with van der Waals surface area (Å²) in [5, 5.41) is 3.46. The van der Waals surface area contributed by atoms with Gasteiger partial charge in [0.2, 0.25) is 0 Å². The Balaban J connectivity index is 1.87. The van der Waals surface area contributed by atoms with Gasteiger partial charge < -0.3 is 5.32 Å². The highest BCUT2D eigenvalue weighted by molar-refractivity contribution is 5.96. The van der Waals surface area contributed by atoms with Crippen LogP contribution in [0.2, 0.25) is 0 Å². The first-order valence-corrected chi connectivity index (χ1v) is 6.66. The second-order valence-corrected chi connectivity index (χ2v) is 4.89. The van der Waals surface area contributed by atoms with E-state index >= 15 is 0 Å². The molecule has 17 heavy (non-hydrogen) atoms. The maximum Gasteiger partial charge on any atom is 0.162 e. The molecule has 1 fully saturated rings. The predicted octanol–water partition coefficient (Wildman–Crippen LogP) is 3.88. The van der Waals surface area contributed by atoms with E-state index in [0.717, 1.165) is 23.7 Å². The smallest absolute Gasteiger partial charge is 0.162 e. The molecule has 1 saturated carbocycles. The number of hydrogen-bond donors (Lipinski definition) is 1. The third-order valence-electron chi connectivity index (χ3n) is 3.60. The summed E-state index contributed by atoms with van der Waals surface area (Å²) in [6.45, 7) is 2.97. The van der Waals surface area contributed by atoms with Crippen molar-refractivity contribution >= 4 is 11.5 Å². The van der Waals surface area contributed by atoms with Crippen molar-refractivity contribution in [1.82, 2.24) is 0 Å². The molecule has 1 N–H and O–H groups in total. The molecule has 0 amide bonds. The maximum absolute atomic E-state index is 11.5. The minimum atomic E-state index is 0.215. The lowest BCUT2D eigenvalue weighted by atomic mass is 10.1. The topological polar surface area (TPSA) is 29.1 Å². The lowest BCUT2D eigenvalue weighted by Gasteiger charge is -2.11. The van der Waals surface area contributed by atoms with Gasteiger partial charge in [0.05, 0.1) is 0 Å². The molecule has 1 aromatic rings. The molecule has 1 aliphatic rings. The summed E-state index contributed by atoms with van der Waals surface area (Å²) in [6, 6.07) is 7.86. The van der Waals surface area contributed by atoms with Gasteiger partial charge >= 0.3 is 0 Å². The number of anilines is 1. The molecule has 0 saturated heterocycles. The van der Waals surface area contributed by atoms with E-state index < -0.39 is 0 Å². The van der Waals surface area contributed by atoms with E-state index in [9.17, 15) is 4.79 Å². The molecular formula is C15H21NO. The largest absolute Gasteiger partial charge is 0.385 e. The van der Waals surface area contributed by atoms with Crippen molar-refractivity contribution in [3.8, 4) is 0 Å². The first kappa shape index (κ1) is 12.2. The molecule has 1 aromatic carbocycles. The highest BCUT2D eigenvalue weighted by Gasteiger charge is 2.14. The van der Waals surface area contributed by atoms with Crippen LogP contribution in [0.5, 0.6) is 0 Å². The highest BCUT2D eigenvalue weighted by atomic mass is 16.1. The van der Waals surface area contributed by atoms with E-state index in [1.807, 2.05) is 31.2 Å². The average Bonchev–Trinajstić information content (AvgIpc) is 2.89. The first-order chi connectivity index (χ1) is 8.29. The summed E-state index contributed by atoms with van der Waals surface area (Å²) in [7, 11) is 0. The van der Waals surface area contributed by atoms with Gasteiger partial charge in [-0.05, 0) is 43.0 Å². The van der Waals surface area contributed by atoms with Crippen LogP contribution in [0.25, 0.3) is 0 Å². The molecule has 92 valence electrons. The van der Waals surface area contributed by atoms with Crippen LogP contribution in [0.3, 0.4) is 0 Å². The third-order valence-corrected chi connectivity index (χ3v) is 3.60.